The second-order valence-electron chi connectivity index (χ2n) is 5.67. The molecule has 4 nitrogen and oxygen atoms in total. The van der Waals surface area contributed by atoms with E-state index in [1.807, 2.05) is 0 Å². The predicted molar refractivity (Wildman–Crippen MR) is 74.8 cm³/mol. The highest BCUT2D eigenvalue weighted by Crippen LogP contribution is 2.29. The normalized spacial score (nSPS) is 33.0. The van der Waals surface area contributed by atoms with Crippen LogP contribution in [-0.2, 0) is 4.74 Å². The van der Waals surface area contributed by atoms with Crippen molar-refractivity contribution in [3.8, 4) is 0 Å². The summed E-state index contributed by atoms with van der Waals surface area (Å²) in [6.45, 7) is 10.7. The van der Waals surface area contributed by atoms with Gasteiger partial charge in [-0.15, -0.1) is 0 Å². The molecule has 0 bridgehead atoms. The Balaban J connectivity index is 2.03. The average Bonchev–Trinajstić information content (AvgIpc) is 2.79. The average molecular weight is 255 g/mol. The fourth-order valence-electron chi connectivity index (χ4n) is 3.42. The van der Waals surface area contributed by atoms with E-state index in [4.69, 9.17) is 10.5 Å². The van der Waals surface area contributed by atoms with Crippen molar-refractivity contribution in [1.29, 1.82) is 0 Å². The van der Waals surface area contributed by atoms with Gasteiger partial charge in [0.1, 0.15) is 0 Å². The molecule has 0 aliphatic carbocycles. The maximum absolute atomic E-state index is 6.18. The third-order valence-electron chi connectivity index (χ3n) is 4.73. The van der Waals surface area contributed by atoms with Gasteiger partial charge in [0.2, 0.25) is 0 Å². The predicted octanol–water partition coefficient (Wildman–Crippen LogP) is 0.912. The Morgan fingerprint density at radius 1 is 1.06 bits per heavy atom. The lowest BCUT2D eigenvalue weighted by atomic mass is 9.88. The molecule has 2 fully saturated rings. The van der Waals surface area contributed by atoms with Gasteiger partial charge in [-0.1, -0.05) is 6.92 Å². The maximum Gasteiger partial charge on any atom is 0.0593 e. The first-order valence-electron chi connectivity index (χ1n) is 7.56. The minimum Gasteiger partial charge on any atom is -0.380 e. The van der Waals surface area contributed by atoms with Gasteiger partial charge in [0, 0.05) is 31.8 Å². The summed E-state index contributed by atoms with van der Waals surface area (Å²) in [5, 5.41) is 0. The lowest BCUT2D eigenvalue weighted by molar-refractivity contribution is 0.0698. The van der Waals surface area contributed by atoms with Crippen LogP contribution in [0.4, 0.5) is 0 Å². The molecule has 0 radical (unpaired) electrons. The molecule has 2 aliphatic heterocycles. The molecule has 0 saturated carbocycles. The first-order valence-corrected chi connectivity index (χ1v) is 7.56. The van der Waals surface area contributed by atoms with Crippen LogP contribution in [0.15, 0.2) is 0 Å². The monoisotopic (exact) mass is 255 g/mol. The zero-order chi connectivity index (χ0) is 12.8. The van der Waals surface area contributed by atoms with Crippen molar-refractivity contribution in [2.45, 2.75) is 38.1 Å². The van der Waals surface area contributed by atoms with Crippen LogP contribution in [-0.4, -0.2) is 67.8 Å². The van der Waals surface area contributed by atoms with Gasteiger partial charge in [0.15, 0.2) is 0 Å². The molecule has 2 saturated heterocycles. The Hall–Kier alpha value is -0.160. The van der Waals surface area contributed by atoms with Crippen LogP contribution in [0, 0.1) is 0 Å². The zero-order valence-corrected chi connectivity index (χ0v) is 11.9. The largest absolute Gasteiger partial charge is 0.380 e. The summed E-state index contributed by atoms with van der Waals surface area (Å²) in [5.74, 6) is 0. The number of hydrogen-bond acceptors (Lipinski definition) is 4. The summed E-state index contributed by atoms with van der Waals surface area (Å²) in [7, 11) is 0. The Kier molecular flexibility index (Phi) is 5.42. The third kappa shape index (κ3) is 3.23. The minimum atomic E-state index is 0.234. The zero-order valence-electron chi connectivity index (χ0n) is 11.9. The van der Waals surface area contributed by atoms with E-state index in [1.54, 1.807) is 0 Å². The second kappa shape index (κ2) is 6.85. The lowest BCUT2D eigenvalue weighted by Crippen LogP contribution is -2.55. The van der Waals surface area contributed by atoms with Crippen molar-refractivity contribution < 1.29 is 4.74 Å². The summed E-state index contributed by atoms with van der Waals surface area (Å²) >= 11 is 0. The number of nitrogens with zero attached hydrogens (tertiary/aromatic N) is 2. The van der Waals surface area contributed by atoms with Gasteiger partial charge < -0.3 is 15.4 Å². The lowest BCUT2D eigenvalue weighted by Gasteiger charge is -2.42. The van der Waals surface area contributed by atoms with Gasteiger partial charge in [0.05, 0.1) is 6.61 Å². The van der Waals surface area contributed by atoms with Crippen LogP contribution in [0.25, 0.3) is 0 Å². The van der Waals surface area contributed by atoms with Gasteiger partial charge in [-0.2, -0.15) is 0 Å². The second-order valence-corrected chi connectivity index (χ2v) is 5.67. The summed E-state index contributed by atoms with van der Waals surface area (Å²) in [4.78, 5) is 5.19. The Morgan fingerprint density at radius 3 is 2.72 bits per heavy atom. The fourth-order valence-corrected chi connectivity index (χ4v) is 3.42. The molecular weight excluding hydrogens is 226 g/mol. The van der Waals surface area contributed by atoms with Gasteiger partial charge in [-0.25, -0.2) is 0 Å². The van der Waals surface area contributed by atoms with Crippen LogP contribution in [0.3, 0.4) is 0 Å². The third-order valence-corrected chi connectivity index (χ3v) is 4.73. The molecule has 0 aromatic heterocycles. The van der Waals surface area contributed by atoms with Gasteiger partial charge >= 0.3 is 0 Å². The molecule has 4 heteroatoms. The van der Waals surface area contributed by atoms with Crippen molar-refractivity contribution >= 4 is 0 Å². The van der Waals surface area contributed by atoms with Crippen molar-refractivity contribution in [3.63, 3.8) is 0 Å². The molecule has 2 rings (SSSR count). The Morgan fingerprint density at radius 2 is 1.94 bits per heavy atom. The van der Waals surface area contributed by atoms with E-state index < -0.39 is 0 Å². The molecule has 1 unspecified atom stereocenters. The maximum atomic E-state index is 6.18. The first-order chi connectivity index (χ1) is 8.80. The van der Waals surface area contributed by atoms with Crippen molar-refractivity contribution in [2.24, 2.45) is 5.73 Å². The highest BCUT2D eigenvalue weighted by Gasteiger charge is 2.36. The number of ether oxygens (including phenoxy) is 1. The van der Waals surface area contributed by atoms with E-state index >= 15 is 0 Å². The van der Waals surface area contributed by atoms with Crippen LogP contribution in [0.5, 0.6) is 0 Å². The van der Waals surface area contributed by atoms with Crippen molar-refractivity contribution in [3.05, 3.63) is 0 Å². The standard InChI is InChI=1S/C14H29N3O/c1-2-16-7-3-5-14(13-15,6-9-16)17-8-4-11-18-12-10-17/h2-13,15H2,1H3. The Bertz CT molecular complexity index is 241. The van der Waals surface area contributed by atoms with Crippen LogP contribution in [0.1, 0.15) is 32.6 Å². The molecule has 106 valence electrons. The number of rotatable bonds is 3. The van der Waals surface area contributed by atoms with Crippen molar-refractivity contribution in [2.75, 3.05) is 52.5 Å². The van der Waals surface area contributed by atoms with E-state index in [0.29, 0.717) is 0 Å². The SMILES string of the molecule is CCN1CCCC(CN)(N2CCCOCC2)CC1. The van der Waals surface area contributed by atoms with E-state index in [2.05, 4.69) is 16.7 Å². The molecule has 0 amide bonds. The first kappa shape index (κ1) is 14.3. The van der Waals surface area contributed by atoms with Crippen LogP contribution >= 0.6 is 0 Å². The van der Waals surface area contributed by atoms with E-state index in [-0.39, 0.29) is 5.54 Å². The highest BCUT2D eigenvalue weighted by atomic mass is 16.5. The van der Waals surface area contributed by atoms with E-state index in [0.717, 1.165) is 39.3 Å². The molecule has 1 atom stereocenters. The molecule has 2 aliphatic rings. The summed E-state index contributed by atoms with van der Waals surface area (Å²) in [6, 6.07) is 0. The number of nitrogens with two attached hydrogens (primary N) is 1. The Labute approximate surface area is 111 Å². The van der Waals surface area contributed by atoms with Crippen LogP contribution in [0.2, 0.25) is 0 Å². The van der Waals surface area contributed by atoms with Crippen LogP contribution < -0.4 is 5.73 Å². The molecule has 0 spiro atoms. The minimum absolute atomic E-state index is 0.234. The van der Waals surface area contributed by atoms with E-state index in [1.165, 1.54) is 38.9 Å². The molecule has 0 aromatic rings. The molecule has 18 heavy (non-hydrogen) atoms. The fraction of sp³-hybridized carbons (Fsp3) is 1.00. The van der Waals surface area contributed by atoms with Gasteiger partial charge in [-0.3, -0.25) is 4.90 Å². The van der Waals surface area contributed by atoms with Gasteiger partial charge in [-0.05, 0) is 45.3 Å². The summed E-state index contributed by atoms with van der Waals surface area (Å²) in [5.41, 5.74) is 6.41. The van der Waals surface area contributed by atoms with Crippen molar-refractivity contribution in [1.82, 2.24) is 9.80 Å². The molecule has 0 aromatic carbocycles. The molecular formula is C14H29N3O. The highest BCUT2D eigenvalue weighted by molar-refractivity contribution is 4.95. The summed E-state index contributed by atoms with van der Waals surface area (Å²) < 4.78 is 5.59. The topological polar surface area (TPSA) is 41.7 Å². The summed E-state index contributed by atoms with van der Waals surface area (Å²) in [6.07, 6.45) is 4.90. The quantitative estimate of drug-likeness (QED) is 0.814. The number of likely N-dealkylation sites (tertiary alicyclic amines) is 1. The molecule has 2 heterocycles. The molecule has 2 N–H and O–H groups in total. The van der Waals surface area contributed by atoms with Gasteiger partial charge in [0.25, 0.3) is 0 Å². The number of hydrogen-bond donors (Lipinski definition) is 1. The smallest absolute Gasteiger partial charge is 0.0593 e. The van der Waals surface area contributed by atoms with E-state index in [9.17, 15) is 0 Å².